The van der Waals surface area contributed by atoms with Crippen molar-refractivity contribution in [2.45, 2.75) is 45.6 Å². The summed E-state index contributed by atoms with van der Waals surface area (Å²) in [7, 11) is 0. The third-order valence-electron chi connectivity index (χ3n) is 6.45. The zero-order chi connectivity index (χ0) is 22.9. The second-order valence-electron chi connectivity index (χ2n) is 9.58. The average Bonchev–Trinajstić information content (AvgIpc) is 3.39. The summed E-state index contributed by atoms with van der Waals surface area (Å²) in [6.45, 7) is 7.25. The maximum atomic E-state index is 13.8. The molecule has 2 aliphatic rings. The van der Waals surface area contributed by atoms with Gasteiger partial charge in [0.05, 0.1) is 0 Å². The number of carbonyl (C=O) groups is 3. The molecule has 0 saturated carbocycles. The van der Waals surface area contributed by atoms with Crippen molar-refractivity contribution in [2.24, 2.45) is 11.3 Å². The van der Waals surface area contributed by atoms with Crippen molar-refractivity contribution in [2.75, 3.05) is 19.6 Å². The lowest BCUT2D eigenvalue weighted by molar-refractivity contribution is -0.142. The quantitative estimate of drug-likeness (QED) is 0.702. The van der Waals surface area contributed by atoms with Crippen molar-refractivity contribution in [3.63, 3.8) is 0 Å². The molecule has 4 rings (SSSR count). The van der Waals surface area contributed by atoms with Crippen LogP contribution in [0.4, 0.5) is 4.79 Å². The van der Waals surface area contributed by atoms with Crippen LogP contribution in [0.15, 0.2) is 42.0 Å². The summed E-state index contributed by atoms with van der Waals surface area (Å²) >= 11 is 1.62. The molecule has 2 saturated heterocycles. The van der Waals surface area contributed by atoms with E-state index in [1.165, 1.54) is 4.90 Å². The van der Waals surface area contributed by atoms with Crippen LogP contribution in [0.2, 0.25) is 0 Å². The molecule has 2 aromatic rings. The predicted octanol–water partition coefficient (Wildman–Crippen LogP) is 3.42. The molecule has 170 valence electrons. The number of likely N-dealkylation sites (tertiary alicyclic amines) is 1. The number of amides is 4. The first-order chi connectivity index (χ1) is 15.2. The van der Waals surface area contributed by atoms with Crippen LogP contribution in [0.5, 0.6) is 0 Å². The van der Waals surface area contributed by atoms with Gasteiger partial charge in [-0.25, -0.2) is 4.79 Å². The second-order valence-corrected chi connectivity index (χ2v) is 10.6. The minimum Gasteiger partial charge on any atom is -0.342 e. The zero-order valence-corrected chi connectivity index (χ0v) is 19.7. The third-order valence-corrected chi connectivity index (χ3v) is 7.38. The number of carbonyl (C=O) groups excluding carboxylic acids is 3. The Morgan fingerprint density at radius 3 is 2.56 bits per heavy atom. The number of rotatable bonds is 5. The van der Waals surface area contributed by atoms with Gasteiger partial charge in [0.15, 0.2) is 5.54 Å². The highest BCUT2D eigenvalue weighted by atomic mass is 32.1. The highest BCUT2D eigenvalue weighted by Crippen LogP contribution is 2.41. The first kappa shape index (κ1) is 22.5. The SMILES string of the molecule is CC(C)(C)C(=O)N1CCC([C@@]2(c3cccnc3)NC(=O)N(CCc3cccs3)C2=O)CC1. The Hall–Kier alpha value is -2.74. The summed E-state index contributed by atoms with van der Waals surface area (Å²) in [4.78, 5) is 48.1. The van der Waals surface area contributed by atoms with E-state index in [9.17, 15) is 14.4 Å². The van der Waals surface area contributed by atoms with Crippen molar-refractivity contribution < 1.29 is 14.4 Å². The smallest absolute Gasteiger partial charge is 0.325 e. The molecule has 0 unspecified atom stereocenters. The molecular weight excluding hydrogens is 424 g/mol. The molecule has 0 bridgehead atoms. The van der Waals surface area contributed by atoms with Crippen LogP contribution in [-0.2, 0) is 21.5 Å². The zero-order valence-electron chi connectivity index (χ0n) is 18.8. The Morgan fingerprint density at radius 2 is 1.97 bits per heavy atom. The van der Waals surface area contributed by atoms with Gasteiger partial charge in [0, 0.05) is 47.9 Å². The number of aromatic nitrogens is 1. The van der Waals surface area contributed by atoms with Crippen molar-refractivity contribution in [3.8, 4) is 0 Å². The van der Waals surface area contributed by atoms with E-state index in [0.29, 0.717) is 44.5 Å². The van der Waals surface area contributed by atoms with E-state index in [2.05, 4.69) is 10.3 Å². The molecule has 2 fully saturated rings. The van der Waals surface area contributed by atoms with Gasteiger partial charge in [-0.15, -0.1) is 11.3 Å². The summed E-state index contributed by atoms with van der Waals surface area (Å²) in [5, 5.41) is 5.05. The molecule has 7 nitrogen and oxygen atoms in total. The Bertz CT molecular complexity index is 978. The lowest BCUT2D eigenvalue weighted by Crippen LogP contribution is -2.55. The van der Waals surface area contributed by atoms with Crippen LogP contribution in [-0.4, -0.2) is 52.3 Å². The summed E-state index contributed by atoms with van der Waals surface area (Å²) in [5.74, 6) is -0.211. The summed E-state index contributed by atoms with van der Waals surface area (Å²) in [5.41, 5.74) is -0.876. The van der Waals surface area contributed by atoms with E-state index in [1.807, 2.05) is 49.3 Å². The average molecular weight is 455 g/mol. The second kappa shape index (κ2) is 8.65. The van der Waals surface area contributed by atoms with Gasteiger partial charge in [-0.1, -0.05) is 32.9 Å². The highest BCUT2D eigenvalue weighted by molar-refractivity contribution is 7.09. The minimum absolute atomic E-state index is 0.112. The largest absolute Gasteiger partial charge is 0.342 e. The molecule has 1 N–H and O–H groups in total. The van der Waals surface area contributed by atoms with E-state index in [4.69, 9.17) is 0 Å². The van der Waals surface area contributed by atoms with Crippen LogP contribution < -0.4 is 5.32 Å². The van der Waals surface area contributed by atoms with Crippen LogP contribution in [0.25, 0.3) is 0 Å². The van der Waals surface area contributed by atoms with Crippen LogP contribution in [0.1, 0.15) is 44.1 Å². The number of nitrogens with zero attached hydrogens (tertiary/aromatic N) is 3. The monoisotopic (exact) mass is 454 g/mol. The normalized spacial score (nSPS) is 22.3. The lowest BCUT2D eigenvalue weighted by Gasteiger charge is -2.42. The standard InChI is InChI=1S/C24H30N4O3S/c1-23(2,3)20(29)27-12-8-17(9-13-27)24(18-6-4-11-25-16-18)21(30)28(22(31)26-24)14-10-19-7-5-15-32-19/h4-7,11,15-17H,8-10,12-14H2,1-3H3,(H,26,31)/t24-/m0/s1. The maximum Gasteiger partial charge on any atom is 0.325 e. The van der Waals surface area contributed by atoms with E-state index >= 15 is 0 Å². The molecular formula is C24H30N4O3S. The molecule has 8 heteroatoms. The number of thiophene rings is 1. The molecule has 0 spiro atoms. The molecule has 0 radical (unpaired) electrons. The molecule has 2 aliphatic heterocycles. The number of hydrogen-bond donors (Lipinski definition) is 1. The molecule has 2 aromatic heterocycles. The molecule has 4 amide bonds. The van der Waals surface area contributed by atoms with Gasteiger partial charge < -0.3 is 10.2 Å². The van der Waals surface area contributed by atoms with Crippen molar-refractivity contribution in [1.29, 1.82) is 0 Å². The first-order valence-electron chi connectivity index (χ1n) is 11.1. The van der Waals surface area contributed by atoms with Gasteiger partial charge in [-0.3, -0.25) is 19.5 Å². The Labute approximate surface area is 192 Å². The third kappa shape index (κ3) is 4.03. The molecule has 32 heavy (non-hydrogen) atoms. The number of urea groups is 1. The van der Waals surface area contributed by atoms with Gasteiger partial charge in [-0.2, -0.15) is 0 Å². The van der Waals surface area contributed by atoms with Crippen molar-refractivity contribution in [3.05, 3.63) is 52.5 Å². The predicted molar refractivity (Wildman–Crippen MR) is 123 cm³/mol. The van der Waals surface area contributed by atoms with Crippen LogP contribution >= 0.6 is 11.3 Å². The number of pyridine rings is 1. The van der Waals surface area contributed by atoms with Crippen LogP contribution in [0.3, 0.4) is 0 Å². The summed E-state index contributed by atoms with van der Waals surface area (Å²) in [6.07, 6.45) is 5.26. The Balaban J connectivity index is 1.58. The number of imide groups is 1. The van der Waals surface area contributed by atoms with Gasteiger partial charge in [0.25, 0.3) is 5.91 Å². The number of piperidine rings is 1. The van der Waals surface area contributed by atoms with E-state index < -0.39 is 11.0 Å². The minimum atomic E-state index is -1.14. The first-order valence-corrected chi connectivity index (χ1v) is 12.0. The van der Waals surface area contributed by atoms with Gasteiger partial charge in [0.1, 0.15) is 0 Å². The maximum absolute atomic E-state index is 13.8. The van der Waals surface area contributed by atoms with Gasteiger partial charge in [-0.05, 0) is 42.7 Å². The van der Waals surface area contributed by atoms with E-state index in [1.54, 1.807) is 29.8 Å². The molecule has 0 aromatic carbocycles. The fourth-order valence-electron chi connectivity index (χ4n) is 4.77. The number of hydrogen-bond acceptors (Lipinski definition) is 5. The Morgan fingerprint density at radius 1 is 1.22 bits per heavy atom. The topological polar surface area (TPSA) is 82.6 Å². The fourth-order valence-corrected chi connectivity index (χ4v) is 5.47. The van der Waals surface area contributed by atoms with Crippen LogP contribution in [0, 0.1) is 11.3 Å². The van der Waals surface area contributed by atoms with Crippen molar-refractivity contribution in [1.82, 2.24) is 20.1 Å². The summed E-state index contributed by atoms with van der Waals surface area (Å²) in [6, 6.07) is 7.28. The molecule has 4 heterocycles. The van der Waals surface area contributed by atoms with Gasteiger partial charge >= 0.3 is 6.03 Å². The lowest BCUT2D eigenvalue weighted by atomic mass is 9.73. The summed E-state index contributed by atoms with van der Waals surface area (Å²) < 4.78 is 0. The fraction of sp³-hybridized carbons (Fsp3) is 0.500. The van der Waals surface area contributed by atoms with Gasteiger partial charge in [0.2, 0.25) is 5.91 Å². The van der Waals surface area contributed by atoms with E-state index in [-0.39, 0.29) is 23.8 Å². The molecule has 0 aliphatic carbocycles. The number of nitrogens with one attached hydrogen (secondary N) is 1. The van der Waals surface area contributed by atoms with Crippen molar-refractivity contribution >= 4 is 29.2 Å². The molecule has 1 atom stereocenters. The highest BCUT2D eigenvalue weighted by Gasteiger charge is 2.57. The Kier molecular flexibility index (Phi) is 6.07. The van der Waals surface area contributed by atoms with E-state index in [0.717, 1.165) is 4.88 Å².